The number of halogens is 1. The largest absolute Gasteiger partial charge is 0.313 e. The van der Waals surface area contributed by atoms with Gasteiger partial charge in [-0.25, -0.2) is 0 Å². The first-order chi connectivity index (χ1) is 8.19. The van der Waals surface area contributed by atoms with E-state index in [1.165, 1.54) is 18.4 Å². The molecule has 0 spiro atoms. The minimum Gasteiger partial charge on any atom is -0.313 e. The van der Waals surface area contributed by atoms with Crippen molar-refractivity contribution in [2.24, 2.45) is 5.92 Å². The van der Waals surface area contributed by atoms with Gasteiger partial charge in [0, 0.05) is 17.1 Å². The van der Waals surface area contributed by atoms with Crippen LogP contribution < -0.4 is 5.32 Å². The van der Waals surface area contributed by atoms with Gasteiger partial charge in [-0.1, -0.05) is 28.1 Å². The van der Waals surface area contributed by atoms with Gasteiger partial charge < -0.3 is 5.32 Å². The predicted octanol–water partition coefficient (Wildman–Crippen LogP) is 3.44. The molecule has 0 aliphatic heterocycles. The molecule has 1 aromatic rings. The molecule has 0 amide bonds. The molecular formula is C14H17BrN2. The van der Waals surface area contributed by atoms with Crippen LogP contribution in [0.1, 0.15) is 31.2 Å². The van der Waals surface area contributed by atoms with E-state index in [4.69, 9.17) is 5.26 Å². The van der Waals surface area contributed by atoms with Crippen molar-refractivity contribution in [3.63, 3.8) is 0 Å². The predicted molar refractivity (Wildman–Crippen MR) is 72.7 cm³/mol. The van der Waals surface area contributed by atoms with Crippen LogP contribution in [0.25, 0.3) is 0 Å². The summed E-state index contributed by atoms with van der Waals surface area (Å²) in [7, 11) is 0. The van der Waals surface area contributed by atoms with Gasteiger partial charge in [-0.2, -0.15) is 5.26 Å². The Hall–Kier alpha value is -0.850. The molecular weight excluding hydrogens is 276 g/mol. The van der Waals surface area contributed by atoms with E-state index in [1.807, 2.05) is 6.92 Å². The van der Waals surface area contributed by atoms with Crippen molar-refractivity contribution in [3.8, 4) is 6.07 Å². The number of hydrogen-bond donors (Lipinski definition) is 1. The van der Waals surface area contributed by atoms with Crippen LogP contribution in [0.5, 0.6) is 0 Å². The van der Waals surface area contributed by atoms with Crippen molar-refractivity contribution in [3.05, 3.63) is 34.3 Å². The highest BCUT2D eigenvalue weighted by molar-refractivity contribution is 9.10. The van der Waals surface area contributed by atoms with Crippen LogP contribution in [0.2, 0.25) is 0 Å². The highest BCUT2D eigenvalue weighted by Crippen LogP contribution is 2.37. The second-order valence-corrected chi connectivity index (χ2v) is 5.77. The fraction of sp³-hybridized carbons (Fsp3) is 0.500. The van der Waals surface area contributed by atoms with Crippen molar-refractivity contribution < 1.29 is 0 Å². The Labute approximate surface area is 111 Å². The van der Waals surface area contributed by atoms with E-state index in [0.29, 0.717) is 12.0 Å². The number of hydrogen-bond acceptors (Lipinski definition) is 2. The molecule has 1 atom stereocenters. The molecule has 3 heteroatoms. The maximum atomic E-state index is 8.70. The molecule has 0 saturated heterocycles. The van der Waals surface area contributed by atoms with Gasteiger partial charge in [0.1, 0.15) is 0 Å². The Kier molecular flexibility index (Phi) is 4.20. The summed E-state index contributed by atoms with van der Waals surface area (Å²) in [4.78, 5) is 0. The van der Waals surface area contributed by atoms with Gasteiger partial charge in [-0.05, 0) is 43.4 Å². The van der Waals surface area contributed by atoms with Crippen molar-refractivity contribution in [1.82, 2.24) is 5.32 Å². The van der Waals surface area contributed by atoms with E-state index < -0.39 is 0 Å². The topological polar surface area (TPSA) is 35.8 Å². The van der Waals surface area contributed by atoms with E-state index >= 15 is 0 Å². The van der Waals surface area contributed by atoms with Crippen molar-refractivity contribution in [2.75, 3.05) is 6.54 Å². The molecule has 1 aliphatic rings. The van der Waals surface area contributed by atoms with Crippen LogP contribution in [0.3, 0.4) is 0 Å². The zero-order chi connectivity index (χ0) is 12.3. The average Bonchev–Trinajstić information content (AvgIpc) is 2.26. The highest BCUT2D eigenvalue weighted by atomic mass is 79.9. The molecule has 2 rings (SSSR count). The molecule has 1 aromatic carbocycles. The molecule has 1 fully saturated rings. The summed E-state index contributed by atoms with van der Waals surface area (Å²) in [6.45, 7) is 2.77. The molecule has 17 heavy (non-hydrogen) atoms. The molecule has 90 valence electrons. The van der Waals surface area contributed by atoms with Gasteiger partial charge in [0.05, 0.1) is 12.0 Å². The summed E-state index contributed by atoms with van der Waals surface area (Å²) in [5, 5.41) is 12.2. The Bertz CT molecular complexity index is 418. The first-order valence-electron chi connectivity index (χ1n) is 6.07. The Morgan fingerprint density at radius 2 is 2.29 bits per heavy atom. The summed E-state index contributed by atoms with van der Waals surface area (Å²) in [6.07, 6.45) is 2.38. The smallest absolute Gasteiger partial charge is 0.0666 e. The lowest BCUT2D eigenvalue weighted by Crippen LogP contribution is -2.41. The van der Waals surface area contributed by atoms with Crippen molar-refractivity contribution in [1.29, 1.82) is 5.26 Å². The normalized spacial score (nSPS) is 24.8. The number of nitrogens with zero attached hydrogens (tertiary/aromatic N) is 1. The second kappa shape index (κ2) is 5.66. The van der Waals surface area contributed by atoms with E-state index in [9.17, 15) is 0 Å². The lowest BCUT2D eigenvalue weighted by Gasteiger charge is -2.36. The Morgan fingerprint density at radius 1 is 1.53 bits per heavy atom. The highest BCUT2D eigenvalue weighted by Gasteiger charge is 2.29. The molecule has 0 aromatic heterocycles. The molecule has 2 nitrogen and oxygen atoms in total. The van der Waals surface area contributed by atoms with Crippen LogP contribution in [-0.4, -0.2) is 12.6 Å². The number of nitrogens with one attached hydrogen (secondary N) is 1. The standard InChI is InChI=1S/C14H17BrN2/c1-10(8-16)9-17-14-6-12(7-14)11-3-2-4-13(15)5-11/h2-5,10,12,14,17H,6-7,9H2,1H3. The minimum atomic E-state index is 0.111. The van der Waals surface area contributed by atoms with Gasteiger partial charge in [-0.3, -0.25) is 0 Å². The van der Waals surface area contributed by atoms with Gasteiger partial charge in [0.2, 0.25) is 0 Å². The van der Waals surface area contributed by atoms with Crippen LogP contribution in [0.4, 0.5) is 0 Å². The van der Waals surface area contributed by atoms with Gasteiger partial charge in [0.15, 0.2) is 0 Å². The summed E-state index contributed by atoms with van der Waals surface area (Å²) in [5.74, 6) is 0.794. The van der Waals surface area contributed by atoms with Crippen LogP contribution >= 0.6 is 15.9 Å². The summed E-state index contributed by atoms with van der Waals surface area (Å²) < 4.78 is 1.16. The minimum absolute atomic E-state index is 0.111. The fourth-order valence-corrected chi connectivity index (χ4v) is 2.62. The van der Waals surface area contributed by atoms with Gasteiger partial charge >= 0.3 is 0 Å². The number of nitriles is 1. The molecule has 1 N–H and O–H groups in total. The van der Waals surface area contributed by atoms with Crippen LogP contribution in [0, 0.1) is 17.2 Å². The van der Waals surface area contributed by atoms with Crippen molar-refractivity contribution in [2.45, 2.75) is 31.7 Å². The quantitative estimate of drug-likeness (QED) is 0.923. The Morgan fingerprint density at radius 3 is 2.94 bits per heavy atom. The summed E-state index contributed by atoms with van der Waals surface area (Å²) in [6, 6.07) is 11.4. The molecule has 1 saturated carbocycles. The molecule has 1 aliphatic carbocycles. The SMILES string of the molecule is CC(C#N)CNC1CC(c2cccc(Br)c2)C1. The van der Waals surface area contributed by atoms with E-state index in [0.717, 1.165) is 11.0 Å². The van der Waals surface area contributed by atoms with E-state index in [2.05, 4.69) is 51.6 Å². The first kappa shape index (κ1) is 12.6. The fourth-order valence-electron chi connectivity index (χ4n) is 2.21. The lowest BCUT2D eigenvalue weighted by molar-refractivity contribution is 0.286. The molecule has 0 bridgehead atoms. The van der Waals surface area contributed by atoms with Crippen LogP contribution in [0.15, 0.2) is 28.7 Å². The number of benzene rings is 1. The zero-order valence-corrected chi connectivity index (χ0v) is 11.6. The molecule has 0 radical (unpaired) electrons. The third-order valence-electron chi connectivity index (χ3n) is 3.39. The number of rotatable bonds is 4. The monoisotopic (exact) mass is 292 g/mol. The molecule has 1 unspecified atom stereocenters. The maximum absolute atomic E-state index is 8.70. The van der Waals surface area contributed by atoms with Crippen molar-refractivity contribution >= 4 is 15.9 Å². The second-order valence-electron chi connectivity index (χ2n) is 4.86. The average molecular weight is 293 g/mol. The Balaban J connectivity index is 1.78. The summed E-state index contributed by atoms with van der Waals surface area (Å²) in [5.41, 5.74) is 1.42. The van der Waals surface area contributed by atoms with Gasteiger partial charge in [-0.15, -0.1) is 0 Å². The first-order valence-corrected chi connectivity index (χ1v) is 6.87. The van der Waals surface area contributed by atoms with Crippen LogP contribution in [-0.2, 0) is 0 Å². The lowest BCUT2D eigenvalue weighted by atomic mass is 9.76. The maximum Gasteiger partial charge on any atom is 0.0666 e. The zero-order valence-electron chi connectivity index (χ0n) is 9.99. The third kappa shape index (κ3) is 3.31. The molecule has 0 heterocycles. The third-order valence-corrected chi connectivity index (χ3v) is 3.88. The van der Waals surface area contributed by atoms with Gasteiger partial charge in [0.25, 0.3) is 0 Å². The van der Waals surface area contributed by atoms with E-state index in [1.54, 1.807) is 0 Å². The summed E-state index contributed by atoms with van der Waals surface area (Å²) >= 11 is 3.51. The van der Waals surface area contributed by atoms with E-state index in [-0.39, 0.29) is 5.92 Å².